The smallest absolute Gasteiger partial charge is 0.191 e. The van der Waals surface area contributed by atoms with Crippen molar-refractivity contribution in [2.75, 3.05) is 13.6 Å². The van der Waals surface area contributed by atoms with E-state index < -0.39 is 11.6 Å². The Balaban J connectivity index is 1.51. The summed E-state index contributed by atoms with van der Waals surface area (Å²) in [5.74, 6) is -0.440. The van der Waals surface area contributed by atoms with Crippen molar-refractivity contribution in [3.8, 4) is 0 Å². The molecule has 0 aliphatic heterocycles. The van der Waals surface area contributed by atoms with E-state index in [2.05, 4.69) is 20.2 Å². The van der Waals surface area contributed by atoms with E-state index in [9.17, 15) is 8.78 Å². The van der Waals surface area contributed by atoms with Crippen LogP contribution in [0.15, 0.2) is 47.7 Å². The highest BCUT2D eigenvalue weighted by atomic mass is 19.1. The van der Waals surface area contributed by atoms with Crippen LogP contribution in [0.4, 0.5) is 8.78 Å². The van der Waals surface area contributed by atoms with Gasteiger partial charge in [0.05, 0.1) is 0 Å². The van der Waals surface area contributed by atoms with E-state index in [4.69, 9.17) is 0 Å². The lowest BCUT2D eigenvalue weighted by Crippen LogP contribution is -2.40. The summed E-state index contributed by atoms with van der Waals surface area (Å²) < 4.78 is 29.6. The van der Waals surface area contributed by atoms with Crippen molar-refractivity contribution in [1.29, 1.82) is 0 Å². The molecule has 1 aromatic heterocycles. The lowest BCUT2D eigenvalue weighted by Gasteiger charge is -2.12. The van der Waals surface area contributed by atoms with E-state index in [0.717, 1.165) is 13.1 Å². The summed E-state index contributed by atoms with van der Waals surface area (Å²) in [6, 6.07) is 7.96. The number of aliphatic imine (C=N–C) groups is 1. The number of nitrogens with zero attached hydrogens (tertiary/aromatic N) is 2. The van der Waals surface area contributed by atoms with Crippen molar-refractivity contribution in [2.45, 2.75) is 24.9 Å². The molecule has 2 atom stereocenters. The molecule has 4 nitrogen and oxygen atoms in total. The van der Waals surface area contributed by atoms with Crippen LogP contribution < -0.4 is 10.6 Å². The van der Waals surface area contributed by atoms with Crippen LogP contribution in [-0.2, 0) is 6.54 Å². The molecular formula is C17H20F2N4. The number of halogens is 2. The first-order valence-electron chi connectivity index (χ1n) is 7.71. The van der Waals surface area contributed by atoms with Crippen molar-refractivity contribution in [1.82, 2.24) is 15.2 Å². The second-order valence-corrected chi connectivity index (χ2v) is 5.65. The molecule has 0 amide bonds. The lowest BCUT2D eigenvalue weighted by molar-refractivity contribution is 0.553. The maximum atomic E-state index is 13.8. The van der Waals surface area contributed by atoms with Crippen LogP contribution in [0.25, 0.3) is 0 Å². The molecule has 122 valence electrons. The molecule has 0 bridgehead atoms. The lowest BCUT2D eigenvalue weighted by atomic mass is 10.1. The first-order valence-corrected chi connectivity index (χ1v) is 7.71. The minimum atomic E-state index is -0.477. The molecule has 1 aliphatic rings. The number of aromatic nitrogens is 1. The summed E-state index contributed by atoms with van der Waals surface area (Å²) >= 11 is 0. The molecule has 1 heterocycles. The zero-order chi connectivity index (χ0) is 16.2. The van der Waals surface area contributed by atoms with Crippen molar-refractivity contribution >= 4 is 5.96 Å². The summed E-state index contributed by atoms with van der Waals surface area (Å²) in [7, 11) is 1.69. The average Bonchev–Trinajstić information content (AvgIpc) is 3.07. The monoisotopic (exact) mass is 318 g/mol. The second-order valence-electron chi connectivity index (χ2n) is 5.65. The van der Waals surface area contributed by atoms with Crippen LogP contribution in [0.2, 0.25) is 0 Å². The SMILES string of the molecule is CN=C(NCCn1cccc1)NC1CC1c1c(F)cccc1F. The van der Waals surface area contributed by atoms with Crippen LogP contribution in [0.3, 0.4) is 0 Å². The topological polar surface area (TPSA) is 41.4 Å². The Bertz CT molecular complexity index is 662. The maximum Gasteiger partial charge on any atom is 0.191 e. The van der Waals surface area contributed by atoms with E-state index in [1.165, 1.54) is 18.2 Å². The van der Waals surface area contributed by atoms with Crippen molar-refractivity contribution in [3.63, 3.8) is 0 Å². The molecule has 3 rings (SSSR count). The molecule has 2 unspecified atom stereocenters. The van der Waals surface area contributed by atoms with Crippen LogP contribution in [0.5, 0.6) is 0 Å². The Labute approximate surface area is 134 Å². The molecule has 1 aromatic carbocycles. The van der Waals surface area contributed by atoms with Gasteiger partial charge in [-0.1, -0.05) is 6.07 Å². The molecule has 0 spiro atoms. The van der Waals surface area contributed by atoms with Gasteiger partial charge in [-0.3, -0.25) is 4.99 Å². The summed E-state index contributed by atoms with van der Waals surface area (Å²) in [4.78, 5) is 4.16. The molecule has 2 N–H and O–H groups in total. The predicted octanol–water partition coefficient (Wildman–Crippen LogP) is 2.49. The minimum Gasteiger partial charge on any atom is -0.355 e. The predicted molar refractivity (Wildman–Crippen MR) is 86.4 cm³/mol. The van der Waals surface area contributed by atoms with Crippen LogP contribution in [0, 0.1) is 11.6 Å². The zero-order valence-electron chi connectivity index (χ0n) is 13.0. The van der Waals surface area contributed by atoms with Gasteiger partial charge in [-0.05, 0) is 30.7 Å². The molecule has 0 saturated heterocycles. The van der Waals surface area contributed by atoms with Crippen LogP contribution >= 0.6 is 0 Å². The van der Waals surface area contributed by atoms with Gasteiger partial charge in [0.1, 0.15) is 11.6 Å². The molecule has 0 radical (unpaired) electrons. The standard InChI is InChI=1S/C17H20F2N4/c1-20-17(21-7-10-23-8-2-3-9-23)22-15-11-12(15)16-13(18)5-4-6-14(16)19/h2-6,8-9,12,15H,7,10-11H2,1H3,(H2,20,21,22). The van der Waals surface area contributed by atoms with E-state index in [1.807, 2.05) is 24.5 Å². The van der Waals surface area contributed by atoms with Gasteiger partial charge < -0.3 is 15.2 Å². The highest BCUT2D eigenvalue weighted by Crippen LogP contribution is 2.42. The van der Waals surface area contributed by atoms with Gasteiger partial charge in [0, 0.05) is 50.1 Å². The first-order chi connectivity index (χ1) is 11.2. The molecule has 6 heteroatoms. The van der Waals surface area contributed by atoms with E-state index >= 15 is 0 Å². The molecule has 1 fully saturated rings. The zero-order valence-corrected chi connectivity index (χ0v) is 13.0. The quantitative estimate of drug-likeness (QED) is 0.657. The van der Waals surface area contributed by atoms with Gasteiger partial charge in [0.25, 0.3) is 0 Å². The Morgan fingerprint density at radius 1 is 1.22 bits per heavy atom. The molecule has 1 saturated carbocycles. The third-order valence-electron chi connectivity index (χ3n) is 4.04. The molecule has 1 aliphatic carbocycles. The Kier molecular flexibility index (Phi) is 4.60. The fraction of sp³-hybridized carbons (Fsp3) is 0.353. The van der Waals surface area contributed by atoms with Gasteiger partial charge in [0.2, 0.25) is 0 Å². The Hall–Kier alpha value is -2.37. The van der Waals surface area contributed by atoms with Gasteiger partial charge >= 0.3 is 0 Å². The number of hydrogen-bond acceptors (Lipinski definition) is 1. The van der Waals surface area contributed by atoms with E-state index in [-0.39, 0.29) is 17.5 Å². The number of hydrogen-bond donors (Lipinski definition) is 2. The first kappa shape index (κ1) is 15.5. The Morgan fingerprint density at radius 3 is 2.57 bits per heavy atom. The molecular weight excluding hydrogens is 298 g/mol. The average molecular weight is 318 g/mol. The van der Waals surface area contributed by atoms with Gasteiger partial charge in [-0.15, -0.1) is 0 Å². The summed E-state index contributed by atoms with van der Waals surface area (Å²) in [5, 5.41) is 6.43. The maximum absolute atomic E-state index is 13.8. The number of guanidine groups is 1. The number of nitrogens with one attached hydrogen (secondary N) is 2. The van der Waals surface area contributed by atoms with Crippen LogP contribution in [-0.4, -0.2) is 30.2 Å². The van der Waals surface area contributed by atoms with Gasteiger partial charge in [-0.2, -0.15) is 0 Å². The number of benzene rings is 1. The minimum absolute atomic E-state index is 0.0131. The molecule has 2 aromatic rings. The highest BCUT2D eigenvalue weighted by Gasteiger charge is 2.42. The van der Waals surface area contributed by atoms with Crippen molar-refractivity contribution < 1.29 is 8.78 Å². The highest BCUT2D eigenvalue weighted by molar-refractivity contribution is 5.80. The van der Waals surface area contributed by atoms with Gasteiger partial charge in [-0.25, -0.2) is 8.78 Å². The van der Waals surface area contributed by atoms with E-state index in [0.29, 0.717) is 12.4 Å². The van der Waals surface area contributed by atoms with E-state index in [1.54, 1.807) is 7.05 Å². The summed E-state index contributed by atoms with van der Waals surface area (Å²) in [5.41, 5.74) is 0.174. The third kappa shape index (κ3) is 3.70. The van der Waals surface area contributed by atoms with Crippen molar-refractivity contribution in [3.05, 3.63) is 59.9 Å². The fourth-order valence-corrected chi connectivity index (χ4v) is 2.73. The Morgan fingerprint density at radius 2 is 1.91 bits per heavy atom. The number of rotatable bonds is 5. The second kappa shape index (κ2) is 6.81. The van der Waals surface area contributed by atoms with Crippen LogP contribution in [0.1, 0.15) is 17.9 Å². The normalized spacial score (nSPS) is 20.4. The summed E-state index contributed by atoms with van der Waals surface area (Å²) in [6.07, 6.45) is 4.70. The molecule has 23 heavy (non-hydrogen) atoms. The largest absolute Gasteiger partial charge is 0.355 e. The third-order valence-corrected chi connectivity index (χ3v) is 4.04. The van der Waals surface area contributed by atoms with Gasteiger partial charge in [0.15, 0.2) is 5.96 Å². The summed E-state index contributed by atoms with van der Waals surface area (Å²) in [6.45, 7) is 1.55. The van der Waals surface area contributed by atoms with Crippen molar-refractivity contribution in [2.24, 2.45) is 4.99 Å². The fourth-order valence-electron chi connectivity index (χ4n) is 2.73.